The fraction of sp³-hybridized carbons (Fsp3) is 0.375. The zero-order chi connectivity index (χ0) is 10.7. The summed E-state index contributed by atoms with van der Waals surface area (Å²) in [6.45, 7) is 1.88. The van der Waals surface area contributed by atoms with Crippen molar-refractivity contribution in [2.75, 3.05) is 0 Å². The molecule has 6 heteroatoms. The van der Waals surface area contributed by atoms with Crippen molar-refractivity contribution in [2.24, 2.45) is 0 Å². The molecule has 1 aromatic heterocycles. The summed E-state index contributed by atoms with van der Waals surface area (Å²) in [5.74, 6) is -1.10. The van der Waals surface area contributed by atoms with E-state index in [1.54, 1.807) is 6.92 Å². The molecule has 74 valence electrons. The van der Waals surface area contributed by atoms with Gasteiger partial charge in [-0.25, -0.2) is 4.79 Å². The van der Waals surface area contributed by atoms with Crippen LogP contribution in [0.25, 0.3) is 0 Å². The van der Waals surface area contributed by atoms with Crippen molar-refractivity contribution in [3.8, 4) is 6.07 Å². The molecule has 1 aromatic rings. The van der Waals surface area contributed by atoms with Crippen LogP contribution in [0.2, 0.25) is 5.15 Å². The van der Waals surface area contributed by atoms with Crippen LogP contribution < -0.4 is 0 Å². The van der Waals surface area contributed by atoms with E-state index in [1.165, 1.54) is 4.68 Å². The number of nitriles is 1. The average molecular weight is 214 g/mol. The number of aromatic carboxylic acids is 1. The van der Waals surface area contributed by atoms with E-state index in [2.05, 4.69) is 5.10 Å². The summed E-state index contributed by atoms with van der Waals surface area (Å²) in [5.41, 5.74) is 0.366. The van der Waals surface area contributed by atoms with E-state index >= 15 is 0 Å². The topological polar surface area (TPSA) is 78.9 Å². The van der Waals surface area contributed by atoms with Crippen molar-refractivity contribution in [3.63, 3.8) is 0 Å². The lowest BCUT2D eigenvalue weighted by atomic mass is 10.3. The molecule has 0 atom stereocenters. The molecule has 1 rings (SSSR count). The Morgan fingerprint density at radius 1 is 1.79 bits per heavy atom. The van der Waals surface area contributed by atoms with E-state index in [9.17, 15) is 4.79 Å². The molecule has 0 spiro atoms. The van der Waals surface area contributed by atoms with E-state index in [0.717, 1.165) is 0 Å². The second kappa shape index (κ2) is 4.11. The van der Waals surface area contributed by atoms with Crippen molar-refractivity contribution in [3.05, 3.63) is 16.4 Å². The Balaban J connectivity index is 3.05. The maximum atomic E-state index is 10.7. The van der Waals surface area contributed by atoms with Crippen molar-refractivity contribution in [2.45, 2.75) is 19.9 Å². The molecular weight excluding hydrogens is 206 g/mol. The number of aryl methyl sites for hydroxylation is 2. The summed E-state index contributed by atoms with van der Waals surface area (Å²) in [5, 5.41) is 21.1. The second-order valence-corrected chi connectivity index (χ2v) is 3.05. The van der Waals surface area contributed by atoms with Crippen LogP contribution in [0, 0.1) is 18.3 Å². The number of carboxylic acid groups (broad SMARTS) is 1. The molecule has 1 heterocycles. The van der Waals surface area contributed by atoms with Gasteiger partial charge in [-0.1, -0.05) is 11.6 Å². The fourth-order valence-electron chi connectivity index (χ4n) is 1.10. The van der Waals surface area contributed by atoms with Crippen LogP contribution >= 0.6 is 11.6 Å². The first kappa shape index (κ1) is 10.5. The van der Waals surface area contributed by atoms with E-state index in [0.29, 0.717) is 12.2 Å². The molecule has 0 saturated carbocycles. The molecule has 0 amide bonds. The first-order valence-electron chi connectivity index (χ1n) is 3.91. The monoisotopic (exact) mass is 213 g/mol. The smallest absolute Gasteiger partial charge is 0.340 e. The molecule has 5 nitrogen and oxygen atoms in total. The minimum absolute atomic E-state index is 0.00427. The molecule has 0 fully saturated rings. The standard InChI is InChI=1S/C8H8ClN3O2/c1-5-6(8(13)14)7(9)12(11-5)4-2-3-10/h2,4H2,1H3,(H,13,14). The Morgan fingerprint density at radius 2 is 2.43 bits per heavy atom. The quantitative estimate of drug-likeness (QED) is 0.824. The predicted octanol–water partition coefficient (Wildman–Crippen LogP) is 1.46. The summed E-state index contributed by atoms with van der Waals surface area (Å²) in [6.07, 6.45) is 0.250. The highest BCUT2D eigenvalue weighted by atomic mass is 35.5. The van der Waals surface area contributed by atoms with Crippen molar-refractivity contribution in [1.29, 1.82) is 5.26 Å². The van der Waals surface area contributed by atoms with Crippen LogP contribution in [0.5, 0.6) is 0 Å². The lowest BCUT2D eigenvalue weighted by Gasteiger charge is -1.97. The Hall–Kier alpha value is -1.54. The highest BCUT2D eigenvalue weighted by Crippen LogP contribution is 2.19. The third kappa shape index (κ3) is 1.86. The first-order valence-corrected chi connectivity index (χ1v) is 4.29. The Morgan fingerprint density at radius 3 is 2.86 bits per heavy atom. The van der Waals surface area contributed by atoms with E-state index in [-0.39, 0.29) is 17.1 Å². The third-order valence-corrected chi connectivity index (χ3v) is 2.10. The van der Waals surface area contributed by atoms with Crippen LogP contribution in [0.1, 0.15) is 22.5 Å². The number of carbonyl (C=O) groups is 1. The molecule has 0 aromatic carbocycles. The number of nitrogens with zero attached hydrogens (tertiary/aromatic N) is 3. The van der Waals surface area contributed by atoms with Gasteiger partial charge in [-0.15, -0.1) is 0 Å². The third-order valence-electron chi connectivity index (χ3n) is 1.71. The maximum absolute atomic E-state index is 10.7. The van der Waals surface area contributed by atoms with Gasteiger partial charge in [-0.3, -0.25) is 4.68 Å². The largest absolute Gasteiger partial charge is 0.478 e. The summed E-state index contributed by atoms with van der Waals surface area (Å²) in [4.78, 5) is 10.7. The van der Waals surface area contributed by atoms with Gasteiger partial charge in [0.25, 0.3) is 0 Å². The molecule has 0 radical (unpaired) electrons. The van der Waals surface area contributed by atoms with E-state index in [4.69, 9.17) is 22.0 Å². The minimum atomic E-state index is -1.10. The average Bonchev–Trinajstić information content (AvgIpc) is 2.38. The van der Waals surface area contributed by atoms with Crippen LogP contribution in [0.4, 0.5) is 0 Å². The van der Waals surface area contributed by atoms with Crippen LogP contribution in [0.3, 0.4) is 0 Å². The minimum Gasteiger partial charge on any atom is -0.478 e. The van der Waals surface area contributed by atoms with Gasteiger partial charge in [0.1, 0.15) is 10.7 Å². The number of hydrogen-bond donors (Lipinski definition) is 1. The molecule has 14 heavy (non-hydrogen) atoms. The van der Waals surface area contributed by atoms with Gasteiger partial charge in [-0.2, -0.15) is 10.4 Å². The Labute approximate surface area is 85.5 Å². The zero-order valence-electron chi connectivity index (χ0n) is 7.49. The van der Waals surface area contributed by atoms with Gasteiger partial charge in [0.2, 0.25) is 0 Å². The molecule has 0 bridgehead atoms. The highest BCUT2D eigenvalue weighted by molar-refractivity contribution is 6.32. The van der Waals surface area contributed by atoms with Crippen molar-refractivity contribution in [1.82, 2.24) is 9.78 Å². The molecule has 0 saturated heterocycles. The van der Waals surface area contributed by atoms with Crippen LogP contribution in [-0.4, -0.2) is 20.9 Å². The lowest BCUT2D eigenvalue weighted by molar-refractivity contribution is 0.0696. The van der Waals surface area contributed by atoms with Gasteiger partial charge in [0.05, 0.1) is 24.7 Å². The normalized spacial score (nSPS) is 9.79. The second-order valence-electron chi connectivity index (χ2n) is 2.69. The van der Waals surface area contributed by atoms with E-state index in [1.807, 2.05) is 6.07 Å². The summed E-state index contributed by atoms with van der Waals surface area (Å²) in [7, 11) is 0. The van der Waals surface area contributed by atoms with Crippen LogP contribution in [0.15, 0.2) is 0 Å². The molecule has 0 aliphatic heterocycles. The van der Waals surface area contributed by atoms with Crippen molar-refractivity contribution < 1.29 is 9.90 Å². The highest BCUT2D eigenvalue weighted by Gasteiger charge is 2.18. The lowest BCUT2D eigenvalue weighted by Crippen LogP contribution is -2.01. The number of halogens is 1. The van der Waals surface area contributed by atoms with Crippen molar-refractivity contribution >= 4 is 17.6 Å². The number of hydrogen-bond acceptors (Lipinski definition) is 3. The molecule has 1 N–H and O–H groups in total. The van der Waals surface area contributed by atoms with Gasteiger partial charge < -0.3 is 5.11 Å². The van der Waals surface area contributed by atoms with Gasteiger partial charge >= 0.3 is 5.97 Å². The Kier molecular flexibility index (Phi) is 3.10. The first-order chi connectivity index (χ1) is 6.57. The Bertz CT molecular complexity index is 405. The number of rotatable bonds is 3. The summed E-state index contributed by atoms with van der Waals surface area (Å²) in [6, 6.07) is 1.93. The fourth-order valence-corrected chi connectivity index (χ4v) is 1.44. The SMILES string of the molecule is Cc1nn(CCC#N)c(Cl)c1C(=O)O. The zero-order valence-corrected chi connectivity index (χ0v) is 8.25. The molecule has 0 aliphatic carbocycles. The predicted molar refractivity (Wildman–Crippen MR) is 49.2 cm³/mol. The summed E-state index contributed by atoms with van der Waals surface area (Å²) < 4.78 is 1.32. The summed E-state index contributed by atoms with van der Waals surface area (Å²) >= 11 is 5.77. The van der Waals surface area contributed by atoms with Gasteiger partial charge in [0.15, 0.2) is 0 Å². The molecular formula is C8H8ClN3O2. The number of aromatic nitrogens is 2. The maximum Gasteiger partial charge on any atom is 0.340 e. The van der Waals surface area contributed by atoms with Crippen LogP contribution in [-0.2, 0) is 6.54 Å². The molecule has 0 aliphatic rings. The van der Waals surface area contributed by atoms with Gasteiger partial charge in [-0.05, 0) is 6.92 Å². The van der Waals surface area contributed by atoms with Gasteiger partial charge in [0, 0.05) is 0 Å². The molecule has 0 unspecified atom stereocenters. The van der Waals surface area contributed by atoms with E-state index < -0.39 is 5.97 Å². The number of carboxylic acids is 1.